The van der Waals surface area contributed by atoms with Crippen molar-refractivity contribution in [3.8, 4) is 5.75 Å². The largest absolute Gasteiger partial charge is 0.497 e. The Hall–Kier alpha value is -2.27. The summed E-state index contributed by atoms with van der Waals surface area (Å²) in [5, 5.41) is 0.991. The predicted octanol–water partition coefficient (Wildman–Crippen LogP) is 3.52. The summed E-state index contributed by atoms with van der Waals surface area (Å²) in [4.78, 5) is 18.0. The van der Waals surface area contributed by atoms with Gasteiger partial charge in [-0.2, -0.15) is 0 Å². The van der Waals surface area contributed by atoms with E-state index in [4.69, 9.17) is 9.47 Å². The van der Waals surface area contributed by atoms with Crippen LogP contribution in [0.2, 0.25) is 0 Å². The van der Waals surface area contributed by atoms with Crippen molar-refractivity contribution < 1.29 is 14.3 Å². The lowest BCUT2D eigenvalue weighted by Crippen LogP contribution is -2.48. The first kappa shape index (κ1) is 16.2. The van der Waals surface area contributed by atoms with E-state index in [9.17, 15) is 4.79 Å². The van der Waals surface area contributed by atoms with E-state index in [2.05, 4.69) is 18.0 Å². The predicted molar refractivity (Wildman–Crippen MR) is 97.0 cm³/mol. The maximum absolute atomic E-state index is 12.9. The zero-order valence-electron chi connectivity index (χ0n) is 14.8. The molecule has 1 aromatic carbocycles. The third-order valence-corrected chi connectivity index (χ3v) is 5.35. The highest BCUT2D eigenvalue weighted by Gasteiger charge is 2.37. The van der Waals surface area contributed by atoms with Crippen molar-refractivity contribution >= 4 is 16.8 Å². The van der Waals surface area contributed by atoms with Crippen molar-refractivity contribution in [1.82, 2.24) is 9.88 Å². The minimum atomic E-state index is -0.160. The van der Waals surface area contributed by atoms with Crippen LogP contribution in [-0.2, 0) is 4.74 Å². The summed E-state index contributed by atoms with van der Waals surface area (Å²) < 4.78 is 11.3. The molecule has 0 radical (unpaired) electrons. The average molecular weight is 340 g/mol. The number of nitrogens with zero attached hydrogens (tertiary/aromatic N) is 1. The fourth-order valence-corrected chi connectivity index (χ4v) is 3.88. The van der Waals surface area contributed by atoms with E-state index < -0.39 is 0 Å². The van der Waals surface area contributed by atoms with Crippen LogP contribution in [0.4, 0.5) is 0 Å². The molecule has 2 aliphatic heterocycles. The van der Waals surface area contributed by atoms with Gasteiger partial charge in [-0.1, -0.05) is 11.6 Å². The third-order valence-electron chi connectivity index (χ3n) is 5.35. The van der Waals surface area contributed by atoms with E-state index in [0.717, 1.165) is 55.6 Å². The van der Waals surface area contributed by atoms with Crippen molar-refractivity contribution in [3.05, 3.63) is 41.6 Å². The molecule has 0 aliphatic carbocycles. The van der Waals surface area contributed by atoms with Gasteiger partial charge in [-0.05, 0) is 50.5 Å². The first-order valence-corrected chi connectivity index (χ1v) is 8.87. The van der Waals surface area contributed by atoms with Crippen molar-refractivity contribution in [1.29, 1.82) is 0 Å². The summed E-state index contributed by atoms with van der Waals surface area (Å²) in [5.74, 6) is 0.851. The van der Waals surface area contributed by atoms with E-state index in [0.29, 0.717) is 5.69 Å². The van der Waals surface area contributed by atoms with Gasteiger partial charge < -0.3 is 19.4 Å². The van der Waals surface area contributed by atoms with Gasteiger partial charge in [0, 0.05) is 24.0 Å². The number of carbonyl (C=O) groups is 1. The highest BCUT2D eigenvalue weighted by molar-refractivity contribution is 5.98. The lowest BCUT2D eigenvalue weighted by Gasteiger charge is -2.42. The molecule has 1 aromatic heterocycles. The molecule has 1 fully saturated rings. The van der Waals surface area contributed by atoms with Crippen LogP contribution in [0.3, 0.4) is 0 Å². The van der Waals surface area contributed by atoms with E-state index in [-0.39, 0.29) is 11.5 Å². The molecule has 4 rings (SSSR count). The number of amides is 1. The van der Waals surface area contributed by atoms with E-state index in [1.807, 2.05) is 29.2 Å². The number of aromatic amines is 1. The second-order valence-electron chi connectivity index (χ2n) is 7.08. The van der Waals surface area contributed by atoms with Crippen LogP contribution in [0, 0.1) is 0 Å². The molecular weight excluding hydrogens is 316 g/mol. The number of hydrogen-bond acceptors (Lipinski definition) is 3. The van der Waals surface area contributed by atoms with Gasteiger partial charge >= 0.3 is 0 Å². The highest BCUT2D eigenvalue weighted by atomic mass is 16.5. The Labute approximate surface area is 147 Å². The molecule has 2 aliphatic rings. The number of aromatic nitrogens is 1. The van der Waals surface area contributed by atoms with Crippen LogP contribution in [-0.4, -0.2) is 48.2 Å². The van der Waals surface area contributed by atoms with Gasteiger partial charge in [-0.3, -0.25) is 4.79 Å². The molecule has 5 heteroatoms. The number of H-pyrrole nitrogens is 1. The number of rotatable bonds is 2. The minimum absolute atomic E-state index is 0.0570. The smallest absolute Gasteiger partial charge is 0.270 e. The van der Waals surface area contributed by atoms with Gasteiger partial charge in [-0.15, -0.1) is 0 Å². The molecule has 5 nitrogen and oxygen atoms in total. The van der Waals surface area contributed by atoms with E-state index >= 15 is 0 Å². The van der Waals surface area contributed by atoms with Crippen molar-refractivity contribution in [2.75, 3.05) is 26.8 Å². The van der Waals surface area contributed by atoms with Crippen LogP contribution in [0.1, 0.15) is 36.7 Å². The molecule has 0 saturated carbocycles. The quantitative estimate of drug-likeness (QED) is 0.851. The number of ether oxygens (including phenoxy) is 2. The van der Waals surface area contributed by atoms with Gasteiger partial charge in [0.2, 0.25) is 0 Å². The normalized spacial score (nSPS) is 19.9. The summed E-state index contributed by atoms with van der Waals surface area (Å²) in [6, 6.07) is 7.69. The molecule has 1 spiro atoms. The summed E-state index contributed by atoms with van der Waals surface area (Å²) in [5.41, 5.74) is 2.82. The van der Waals surface area contributed by atoms with Gasteiger partial charge in [0.25, 0.3) is 5.91 Å². The Bertz CT molecular complexity index is 829. The molecule has 3 heterocycles. The van der Waals surface area contributed by atoms with Gasteiger partial charge in [0.1, 0.15) is 11.4 Å². The highest BCUT2D eigenvalue weighted by Crippen LogP contribution is 2.33. The Kier molecular flexibility index (Phi) is 4.04. The minimum Gasteiger partial charge on any atom is -0.497 e. The monoisotopic (exact) mass is 340 g/mol. The van der Waals surface area contributed by atoms with Crippen molar-refractivity contribution in [2.24, 2.45) is 0 Å². The van der Waals surface area contributed by atoms with Crippen LogP contribution in [0.15, 0.2) is 35.9 Å². The summed E-state index contributed by atoms with van der Waals surface area (Å²) >= 11 is 0. The zero-order chi connectivity index (χ0) is 17.4. The number of fused-ring (bicyclic) bond motifs is 1. The molecule has 1 N–H and O–H groups in total. The first-order chi connectivity index (χ1) is 12.1. The Morgan fingerprint density at radius 2 is 2.08 bits per heavy atom. The van der Waals surface area contributed by atoms with Gasteiger partial charge in [0.05, 0.1) is 19.3 Å². The second kappa shape index (κ2) is 6.23. The molecule has 1 amide bonds. The number of carbonyl (C=O) groups excluding carboxylic acids is 1. The van der Waals surface area contributed by atoms with Crippen LogP contribution < -0.4 is 4.74 Å². The molecular formula is C20H24N2O3. The van der Waals surface area contributed by atoms with Crippen molar-refractivity contribution in [3.63, 3.8) is 0 Å². The number of nitrogens with one attached hydrogen (secondary N) is 1. The summed E-state index contributed by atoms with van der Waals surface area (Å²) in [7, 11) is 1.65. The Morgan fingerprint density at radius 1 is 1.28 bits per heavy atom. The standard InChI is InChI=1S/C20H24N2O3/c1-14-5-10-25-20(13-14)6-8-22(9-7-20)19(23)18-12-15-11-16(24-2)3-4-17(15)21-18/h3-4,11-13,21H,5-10H2,1-2H3. The fraction of sp³-hybridized carbons (Fsp3) is 0.450. The van der Waals surface area contributed by atoms with Crippen LogP contribution in [0.5, 0.6) is 5.75 Å². The Balaban J connectivity index is 1.50. The zero-order valence-corrected chi connectivity index (χ0v) is 14.8. The lowest BCUT2D eigenvalue weighted by atomic mass is 9.87. The topological polar surface area (TPSA) is 54.6 Å². The number of hydrogen-bond donors (Lipinski definition) is 1. The fourth-order valence-electron chi connectivity index (χ4n) is 3.88. The summed E-state index contributed by atoms with van der Waals surface area (Å²) in [6.45, 7) is 4.41. The lowest BCUT2D eigenvalue weighted by molar-refractivity contribution is -0.0522. The van der Waals surface area contributed by atoms with Crippen LogP contribution in [0.25, 0.3) is 10.9 Å². The molecule has 0 bridgehead atoms. The molecule has 2 aromatic rings. The Morgan fingerprint density at radius 3 is 2.80 bits per heavy atom. The second-order valence-corrected chi connectivity index (χ2v) is 7.08. The first-order valence-electron chi connectivity index (χ1n) is 8.87. The third kappa shape index (κ3) is 3.04. The number of likely N-dealkylation sites (tertiary alicyclic amines) is 1. The number of benzene rings is 1. The molecule has 132 valence electrons. The van der Waals surface area contributed by atoms with Crippen molar-refractivity contribution in [2.45, 2.75) is 31.8 Å². The SMILES string of the molecule is COc1ccc2[nH]c(C(=O)N3CCC4(C=C(C)CCO4)CC3)cc2c1. The summed E-state index contributed by atoms with van der Waals surface area (Å²) in [6.07, 6.45) is 5.02. The maximum Gasteiger partial charge on any atom is 0.270 e. The van der Waals surface area contributed by atoms with E-state index in [1.54, 1.807) is 7.11 Å². The van der Waals surface area contributed by atoms with Crippen LogP contribution >= 0.6 is 0 Å². The maximum atomic E-state index is 12.9. The molecule has 0 atom stereocenters. The average Bonchev–Trinajstić information content (AvgIpc) is 3.04. The number of piperidine rings is 1. The number of methoxy groups -OCH3 is 1. The van der Waals surface area contributed by atoms with E-state index in [1.165, 1.54) is 5.57 Å². The molecule has 0 unspecified atom stereocenters. The van der Waals surface area contributed by atoms with Gasteiger partial charge in [-0.25, -0.2) is 0 Å². The molecule has 25 heavy (non-hydrogen) atoms. The molecule has 1 saturated heterocycles. The van der Waals surface area contributed by atoms with Gasteiger partial charge in [0.15, 0.2) is 0 Å².